The summed E-state index contributed by atoms with van der Waals surface area (Å²) in [6.07, 6.45) is -1.24. The lowest BCUT2D eigenvalue weighted by atomic mass is 10.0. The lowest BCUT2D eigenvalue weighted by molar-refractivity contribution is 0.102. The number of halogens is 1. The van der Waals surface area contributed by atoms with Crippen molar-refractivity contribution in [3.8, 4) is 0 Å². The number of nitrogens with zero attached hydrogens (tertiary/aromatic N) is 1. The number of carbonyl (C=O) groups is 2. The molecule has 10 nitrogen and oxygen atoms in total. The molecular weight excluding hydrogens is 480 g/mol. The van der Waals surface area contributed by atoms with Crippen LogP contribution in [0.2, 0.25) is 5.02 Å². The van der Waals surface area contributed by atoms with Crippen LogP contribution < -0.4 is 15.4 Å². The number of benzene rings is 1. The summed E-state index contributed by atoms with van der Waals surface area (Å²) < 4.78 is 32.8. The Morgan fingerprint density at radius 3 is 2.31 bits per heavy atom. The molecule has 0 aliphatic heterocycles. The number of aromatic nitrogens is 1. The third-order valence-corrected chi connectivity index (χ3v) is 7.45. The Labute approximate surface area is 192 Å². The molecule has 2 amide bonds. The van der Waals surface area contributed by atoms with Crippen molar-refractivity contribution in [1.82, 2.24) is 5.16 Å². The van der Waals surface area contributed by atoms with Crippen molar-refractivity contribution in [3.05, 3.63) is 49.8 Å². The smallest absolute Gasteiger partial charge is 0.409 e. The van der Waals surface area contributed by atoms with Crippen LogP contribution in [0.25, 0.3) is 0 Å². The Kier molecular flexibility index (Phi) is 6.49. The van der Waals surface area contributed by atoms with Crippen molar-refractivity contribution in [2.45, 2.75) is 32.6 Å². The molecule has 3 rings (SSSR count). The number of sulfonamides is 1. The number of hydrogen-bond donors (Lipinski definition) is 4. The summed E-state index contributed by atoms with van der Waals surface area (Å²) in [5.74, 6) is -0.923. The van der Waals surface area contributed by atoms with Crippen LogP contribution in [0.15, 0.2) is 26.9 Å². The molecular formula is C19H19ClN4O6S2. The van der Waals surface area contributed by atoms with Crippen LogP contribution in [0.5, 0.6) is 0 Å². The summed E-state index contributed by atoms with van der Waals surface area (Å²) in [4.78, 5) is 23.8. The first-order valence-electron chi connectivity index (χ1n) is 9.06. The van der Waals surface area contributed by atoms with Gasteiger partial charge in [-0.25, -0.2) is 17.9 Å². The van der Waals surface area contributed by atoms with Crippen LogP contribution in [0.1, 0.15) is 32.1 Å². The zero-order valence-corrected chi connectivity index (χ0v) is 19.8. The first-order valence-corrected chi connectivity index (χ1v) is 11.8. The summed E-state index contributed by atoms with van der Waals surface area (Å²) in [5, 5.41) is 19.2. The van der Waals surface area contributed by atoms with Gasteiger partial charge in [0.15, 0.2) is 0 Å². The summed E-state index contributed by atoms with van der Waals surface area (Å²) in [7, 11) is -4.21. The first kappa shape index (κ1) is 23.6. The Bertz CT molecular complexity index is 1330. The number of anilines is 3. The van der Waals surface area contributed by atoms with Gasteiger partial charge in [0.25, 0.3) is 21.8 Å². The predicted molar refractivity (Wildman–Crippen MR) is 122 cm³/mol. The van der Waals surface area contributed by atoms with E-state index < -0.39 is 22.0 Å². The maximum Gasteiger partial charge on any atom is 0.409 e. The number of carbonyl (C=O) groups excluding carboxylic acids is 1. The molecule has 0 saturated heterocycles. The van der Waals surface area contributed by atoms with Gasteiger partial charge in [-0.1, -0.05) is 22.8 Å². The van der Waals surface area contributed by atoms with Crippen molar-refractivity contribution in [2.75, 3.05) is 15.4 Å². The molecule has 2 aromatic heterocycles. The molecule has 0 radical (unpaired) electrons. The highest BCUT2D eigenvalue weighted by atomic mass is 35.5. The molecule has 0 bridgehead atoms. The molecule has 4 N–H and O–H groups in total. The fourth-order valence-electron chi connectivity index (χ4n) is 3.12. The van der Waals surface area contributed by atoms with Crippen molar-refractivity contribution >= 4 is 62.2 Å². The number of thiophene rings is 1. The SMILES string of the molecule is Cc1cc(C)c(NC(=O)c2sccc2S(=O)(=O)Nc2onc(C)c2Cl)c(C)c1NC(=O)O. The van der Waals surface area contributed by atoms with E-state index in [1.54, 1.807) is 33.8 Å². The van der Waals surface area contributed by atoms with Crippen LogP contribution in [0.3, 0.4) is 0 Å². The number of carboxylic acid groups (broad SMARTS) is 1. The van der Waals surface area contributed by atoms with E-state index in [9.17, 15) is 18.0 Å². The Hall–Kier alpha value is -3.09. The van der Waals surface area contributed by atoms with Crippen LogP contribution in [-0.4, -0.2) is 30.7 Å². The van der Waals surface area contributed by atoms with Gasteiger partial charge in [-0.05, 0) is 55.8 Å². The van der Waals surface area contributed by atoms with Crippen molar-refractivity contribution < 1.29 is 27.6 Å². The molecule has 0 aliphatic carbocycles. The normalized spacial score (nSPS) is 11.3. The Morgan fingerprint density at radius 2 is 1.75 bits per heavy atom. The molecule has 0 fully saturated rings. The average molecular weight is 499 g/mol. The lowest BCUT2D eigenvalue weighted by Crippen LogP contribution is -2.20. The average Bonchev–Trinajstić information content (AvgIpc) is 3.31. The number of hydrogen-bond acceptors (Lipinski definition) is 7. The van der Waals surface area contributed by atoms with Gasteiger partial charge in [0, 0.05) is 5.69 Å². The van der Waals surface area contributed by atoms with Gasteiger partial charge in [-0.2, -0.15) is 0 Å². The van der Waals surface area contributed by atoms with Gasteiger partial charge in [0.05, 0.1) is 5.69 Å². The van der Waals surface area contributed by atoms with E-state index in [1.807, 2.05) is 0 Å². The third-order valence-electron chi connectivity index (χ3n) is 4.58. The topological polar surface area (TPSA) is 151 Å². The first-order chi connectivity index (χ1) is 14.9. The molecule has 2 heterocycles. The minimum absolute atomic E-state index is 0.0131. The second-order valence-corrected chi connectivity index (χ2v) is 9.85. The second kappa shape index (κ2) is 8.81. The fourth-order valence-corrected chi connectivity index (χ4v) is 5.61. The van der Waals surface area contributed by atoms with Crippen LogP contribution in [0.4, 0.5) is 22.1 Å². The summed E-state index contributed by atoms with van der Waals surface area (Å²) in [5.41, 5.74) is 2.90. The lowest BCUT2D eigenvalue weighted by Gasteiger charge is -2.17. The van der Waals surface area contributed by atoms with Gasteiger partial charge in [0.1, 0.15) is 20.5 Å². The molecule has 0 saturated carbocycles. The Balaban J connectivity index is 1.94. The van der Waals surface area contributed by atoms with Crippen molar-refractivity contribution in [3.63, 3.8) is 0 Å². The van der Waals surface area contributed by atoms with E-state index in [2.05, 4.69) is 20.5 Å². The Morgan fingerprint density at radius 1 is 1.12 bits per heavy atom. The standard InChI is InChI=1S/C19H19ClN4O6S2/c1-8-7-9(2)15(22-19(26)27)10(3)14(8)21-17(25)16-12(5-6-31-16)32(28,29)24-18-13(20)11(4)23-30-18/h5-7,22,24H,1-4H3,(H,21,25)(H,26,27). The molecule has 170 valence electrons. The third kappa shape index (κ3) is 4.56. The van der Waals surface area contributed by atoms with Gasteiger partial charge in [-0.15, -0.1) is 11.3 Å². The maximum atomic E-state index is 13.0. The monoisotopic (exact) mass is 498 g/mol. The summed E-state index contributed by atoms with van der Waals surface area (Å²) in [6.45, 7) is 6.69. The number of aryl methyl sites for hydroxylation is 3. The molecule has 0 unspecified atom stereocenters. The zero-order chi connectivity index (χ0) is 23.8. The highest BCUT2D eigenvalue weighted by molar-refractivity contribution is 7.93. The van der Waals surface area contributed by atoms with Crippen LogP contribution in [-0.2, 0) is 10.0 Å². The summed E-state index contributed by atoms with van der Waals surface area (Å²) in [6, 6.07) is 3.00. The van der Waals surface area contributed by atoms with E-state index in [0.29, 0.717) is 33.8 Å². The van der Waals surface area contributed by atoms with Crippen molar-refractivity contribution in [2.24, 2.45) is 0 Å². The number of rotatable bonds is 6. The van der Waals surface area contributed by atoms with E-state index in [-0.39, 0.29) is 20.7 Å². The minimum atomic E-state index is -4.21. The highest BCUT2D eigenvalue weighted by Gasteiger charge is 2.27. The quantitative estimate of drug-likeness (QED) is 0.382. The number of nitrogens with one attached hydrogen (secondary N) is 3. The molecule has 0 spiro atoms. The van der Waals surface area contributed by atoms with E-state index in [4.69, 9.17) is 21.2 Å². The van der Waals surface area contributed by atoms with E-state index in [0.717, 1.165) is 11.3 Å². The van der Waals surface area contributed by atoms with E-state index >= 15 is 0 Å². The van der Waals surface area contributed by atoms with Gasteiger partial charge >= 0.3 is 6.09 Å². The minimum Gasteiger partial charge on any atom is -0.465 e. The largest absolute Gasteiger partial charge is 0.465 e. The molecule has 0 aliphatic rings. The summed E-state index contributed by atoms with van der Waals surface area (Å²) >= 11 is 6.91. The van der Waals surface area contributed by atoms with Gasteiger partial charge in [-0.3, -0.25) is 10.1 Å². The van der Waals surface area contributed by atoms with Crippen LogP contribution in [0, 0.1) is 27.7 Å². The second-order valence-electron chi connectivity index (χ2n) is 6.90. The van der Waals surface area contributed by atoms with E-state index in [1.165, 1.54) is 11.4 Å². The molecule has 32 heavy (non-hydrogen) atoms. The van der Waals surface area contributed by atoms with Crippen molar-refractivity contribution in [1.29, 1.82) is 0 Å². The molecule has 3 aromatic rings. The molecule has 1 aromatic carbocycles. The zero-order valence-electron chi connectivity index (χ0n) is 17.4. The van der Waals surface area contributed by atoms with Crippen LogP contribution >= 0.6 is 22.9 Å². The number of amides is 2. The fraction of sp³-hybridized carbons (Fsp3) is 0.211. The van der Waals surface area contributed by atoms with Gasteiger partial charge in [0.2, 0.25) is 0 Å². The predicted octanol–water partition coefficient (Wildman–Crippen LogP) is 4.77. The molecule has 0 atom stereocenters. The maximum absolute atomic E-state index is 13.0. The van der Waals surface area contributed by atoms with Gasteiger partial charge < -0.3 is 14.9 Å². The molecule has 13 heteroatoms. The highest BCUT2D eigenvalue weighted by Crippen LogP contribution is 2.33.